The van der Waals surface area contributed by atoms with Crippen LogP contribution in [0.15, 0.2) is 45.7 Å². The van der Waals surface area contributed by atoms with Crippen LogP contribution in [0.25, 0.3) is 22.6 Å². The molecule has 0 saturated carbocycles. The standard InChI is InChI=1S/C19H18FN3O5S/c1-29(26,27)13-3-4-14(15(20)11-13)18-21-16-10-12(2-5-17(16)28-18)22-6-8-23(9-7-22)19(24)25/h2-5,10-11H,6-9H2,1H3,(H,24,25). The first-order chi connectivity index (χ1) is 13.7. The molecule has 1 N–H and O–H groups in total. The summed E-state index contributed by atoms with van der Waals surface area (Å²) in [6, 6.07) is 8.98. The van der Waals surface area contributed by atoms with Crippen LogP contribution in [0, 0.1) is 5.82 Å². The fourth-order valence-electron chi connectivity index (χ4n) is 3.28. The van der Waals surface area contributed by atoms with E-state index >= 15 is 0 Å². The molecule has 0 spiro atoms. The third-order valence-electron chi connectivity index (χ3n) is 4.89. The molecule has 1 aliphatic heterocycles. The van der Waals surface area contributed by atoms with E-state index in [1.54, 1.807) is 6.07 Å². The Balaban J connectivity index is 1.62. The molecule has 1 aromatic heterocycles. The molecule has 0 bridgehead atoms. The first-order valence-corrected chi connectivity index (χ1v) is 10.7. The Morgan fingerprint density at radius 2 is 1.86 bits per heavy atom. The fourth-order valence-corrected chi connectivity index (χ4v) is 3.92. The molecule has 2 heterocycles. The molecule has 4 rings (SSSR count). The number of halogens is 1. The van der Waals surface area contributed by atoms with Crippen LogP contribution >= 0.6 is 0 Å². The van der Waals surface area contributed by atoms with Crippen LogP contribution in [-0.4, -0.2) is 61.9 Å². The first kappa shape index (κ1) is 19.2. The monoisotopic (exact) mass is 419 g/mol. The Bertz CT molecular complexity index is 1200. The van der Waals surface area contributed by atoms with E-state index in [9.17, 15) is 17.6 Å². The maximum atomic E-state index is 14.4. The lowest BCUT2D eigenvalue weighted by atomic mass is 10.2. The normalized spacial score (nSPS) is 15.1. The van der Waals surface area contributed by atoms with Crippen molar-refractivity contribution in [3.63, 3.8) is 0 Å². The SMILES string of the molecule is CS(=O)(=O)c1ccc(-c2nc3cc(N4CCN(C(=O)O)CC4)ccc3o2)c(F)c1. The number of rotatable bonds is 3. The molecule has 0 radical (unpaired) electrons. The van der Waals surface area contributed by atoms with Gasteiger partial charge in [0, 0.05) is 38.1 Å². The molecule has 1 fully saturated rings. The summed E-state index contributed by atoms with van der Waals surface area (Å²) >= 11 is 0. The van der Waals surface area contributed by atoms with Crippen molar-refractivity contribution in [2.75, 3.05) is 37.3 Å². The number of amides is 1. The number of sulfone groups is 1. The van der Waals surface area contributed by atoms with Crippen molar-refractivity contribution in [3.8, 4) is 11.5 Å². The van der Waals surface area contributed by atoms with Crippen molar-refractivity contribution in [2.45, 2.75) is 4.90 Å². The Labute approximate surface area is 166 Å². The molecule has 0 aliphatic carbocycles. The van der Waals surface area contributed by atoms with Crippen molar-refractivity contribution >= 4 is 32.7 Å². The molecule has 0 unspecified atom stereocenters. The number of anilines is 1. The van der Waals surface area contributed by atoms with Gasteiger partial charge in [-0.2, -0.15) is 0 Å². The van der Waals surface area contributed by atoms with E-state index in [0.717, 1.165) is 18.0 Å². The summed E-state index contributed by atoms with van der Waals surface area (Å²) in [5.41, 5.74) is 1.95. The van der Waals surface area contributed by atoms with E-state index in [1.165, 1.54) is 17.0 Å². The minimum absolute atomic E-state index is 0.0606. The first-order valence-electron chi connectivity index (χ1n) is 8.86. The molecule has 3 aromatic rings. The molecule has 1 saturated heterocycles. The second kappa shape index (κ2) is 7.03. The Morgan fingerprint density at radius 1 is 1.14 bits per heavy atom. The number of benzene rings is 2. The van der Waals surface area contributed by atoms with Gasteiger partial charge in [-0.15, -0.1) is 0 Å². The summed E-state index contributed by atoms with van der Waals surface area (Å²) in [5, 5.41) is 9.05. The molecule has 1 amide bonds. The lowest BCUT2D eigenvalue weighted by Crippen LogP contribution is -2.48. The number of oxazole rings is 1. The van der Waals surface area contributed by atoms with Gasteiger partial charge in [-0.25, -0.2) is 22.6 Å². The van der Waals surface area contributed by atoms with Crippen LogP contribution in [0.2, 0.25) is 0 Å². The van der Waals surface area contributed by atoms with Gasteiger partial charge in [-0.3, -0.25) is 0 Å². The molecule has 152 valence electrons. The lowest BCUT2D eigenvalue weighted by molar-refractivity contribution is 0.142. The maximum absolute atomic E-state index is 14.4. The number of piperazine rings is 1. The average molecular weight is 419 g/mol. The molecular formula is C19H18FN3O5S. The van der Waals surface area contributed by atoms with Crippen LogP contribution in [0.5, 0.6) is 0 Å². The minimum atomic E-state index is -3.51. The number of hydrogen-bond donors (Lipinski definition) is 1. The summed E-state index contributed by atoms with van der Waals surface area (Å²) in [6.45, 7) is 1.94. The van der Waals surface area contributed by atoms with Crippen LogP contribution in [0.3, 0.4) is 0 Å². The zero-order valence-electron chi connectivity index (χ0n) is 15.5. The van der Waals surface area contributed by atoms with Gasteiger partial charge in [-0.05, 0) is 36.4 Å². The highest BCUT2D eigenvalue weighted by Gasteiger charge is 2.22. The molecule has 0 atom stereocenters. The molecule has 2 aromatic carbocycles. The van der Waals surface area contributed by atoms with Crippen LogP contribution in [0.1, 0.15) is 0 Å². The van der Waals surface area contributed by atoms with Gasteiger partial charge in [0.1, 0.15) is 11.3 Å². The predicted molar refractivity (Wildman–Crippen MR) is 104 cm³/mol. The largest absolute Gasteiger partial charge is 0.465 e. The molecule has 1 aliphatic rings. The van der Waals surface area contributed by atoms with E-state index in [0.29, 0.717) is 37.3 Å². The zero-order valence-corrected chi connectivity index (χ0v) is 16.3. The van der Waals surface area contributed by atoms with Gasteiger partial charge in [-0.1, -0.05) is 0 Å². The van der Waals surface area contributed by atoms with Gasteiger partial charge in [0.25, 0.3) is 0 Å². The molecule has 29 heavy (non-hydrogen) atoms. The van der Waals surface area contributed by atoms with Gasteiger partial charge in [0.15, 0.2) is 15.4 Å². The van der Waals surface area contributed by atoms with Crippen molar-refractivity contribution in [1.82, 2.24) is 9.88 Å². The summed E-state index contributed by atoms with van der Waals surface area (Å²) in [5.74, 6) is -0.671. The average Bonchev–Trinajstić information content (AvgIpc) is 3.10. The number of carboxylic acid groups (broad SMARTS) is 1. The lowest BCUT2D eigenvalue weighted by Gasteiger charge is -2.34. The smallest absolute Gasteiger partial charge is 0.407 e. The highest BCUT2D eigenvalue weighted by atomic mass is 32.2. The molecule has 8 nitrogen and oxygen atoms in total. The Hall–Kier alpha value is -3.14. The highest BCUT2D eigenvalue weighted by molar-refractivity contribution is 7.90. The number of carbonyl (C=O) groups is 1. The summed E-state index contributed by atoms with van der Waals surface area (Å²) in [6.07, 6.45) is 0.0868. The fraction of sp³-hybridized carbons (Fsp3) is 0.263. The van der Waals surface area contributed by atoms with Gasteiger partial charge < -0.3 is 19.3 Å². The number of hydrogen-bond acceptors (Lipinski definition) is 6. The van der Waals surface area contributed by atoms with Crippen molar-refractivity contribution in [1.29, 1.82) is 0 Å². The van der Waals surface area contributed by atoms with E-state index < -0.39 is 21.7 Å². The molecular weight excluding hydrogens is 401 g/mol. The van der Waals surface area contributed by atoms with Crippen LogP contribution in [-0.2, 0) is 9.84 Å². The van der Waals surface area contributed by atoms with Gasteiger partial charge in [0.05, 0.1) is 10.5 Å². The van der Waals surface area contributed by atoms with E-state index in [1.807, 2.05) is 12.1 Å². The van der Waals surface area contributed by atoms with E-state index in [2.05, 4.69) is 9.88 Å². The van der Waals surface area contributed by atoms with Gasteiger partial charge >= 0.3 is 6.09 Å². The maximum Gasteiger partial charge on any atom is 0.407 e. The summed E-state index contributed by atoms with van der Waals surface area (Å²) < 4.78 is 43.2. The number of aromatic nitrogens is 1. The Kier molecular flexibility index (Phi) is 4.65. The van der Waals surface area contributed by atoms with Crippen LogP contribution < -0.4 is 4.90 Å². The summed E-state index contributed by atoms with van der Waals surface area (Å²) in [7, 11) is -3.51. The second-order valence-corrected chi connectivity index (χ2v) is 8.86. The Morgan fingerprint density at radius 3 is 2.48 bits per heavy atom. The predicted octanol–water partition coefficient (Wildman–Crippen LogP) is 2.84. The van der Waals surface area contributed by atoms with E-state index in [-0.39, 0.29) is 16.3 Å². The number of nitrogens with zero attached hydrogens (tertiary/aromatic N) is 3. The van der Waals surface area contributed by atoms with Crippen molar-refractivity contribution in [2.24, 2.45) is 0 Å². The van der Waals surface area contributed by atoms with Crippen molar-refractivity contribution < 1.29 is 27.1 Å². The van der Waals surface area contributed by atoms with Crippen LogP contribution in [0.4, 0.5) is 14.9 Å². The quantitative estimate of drug-likeness (QED) is 0.696. The summed E-state index contributed by atoms with van der Waals surface area (Å²) in [4.78, 5) is 18.7. The van der Waals surface area contributed by atoms with Gasteiger partial charge in [0.2, 0.25) is 5.89 Å². The zero-order chi connectivity index (χ0) is 20.8. The minimum Gasteiger partial charge on any atom is -0.465 e. The highest BCUT2D eigenvalue weighted by Crippen LogP contribution is 2.30. The second-order valence-electron chi connectivity index (χ2n) is 6.84. The topological polar surface area (TPSA) is 104 Å². The van der Waals surface area contributed by atoms with Crippen molar-refractivity contribution in [3.05, 3.63) is 42.2 Å². The third kappa shape index (κ3) is 3.75. The molecule has 10 heteroatoms. The third-order valence-corrected chi connectivity index (χ3v) is 6.00. The number of fused-ring (bicyclic) bond motifs is 1. The van der Waals surface area contributed by atoms with E-state index in [4.69, 9.17) is 9.52 Å².